The number of carbonyl (C=O) groups is 4. The quantitative estimate of drug-likeness (QED) is 0.294. The fourth-order valence-corrected chi connectivity index (χ4v) is 3.44. The molecule has 1 unspecified atom stereocenters. The molecule has 1 heterocycles. The van der Waals surface area contributed by atoms with Crippen LogP contribution in [0, 0.1) is 0 Å². The average molecular weight is 413 g/mol. The lowest BCUT2D eigenvalue weighted by atomic mass is 10.1. The first-order valence-electron chi connectivity index (χ1n) is 10.9. The van der Waals surface area contributed by atoms with Crippen LogP contribution in [0.2, 0.25) is 0 Å². The second-order valence-electron chi connectivity index (χ2n) is 7.33. The van der Waals surface area contributed by atoms with Crippen LogP contribution in [0.4, 0.5) is 0 Å². The predicted molar refractivity (Wildman–Crippen MR) is 114 cm³/mol. The molecular weight excluding hydrogens is 372 g/mol. The van der Waals surface area contributed by atoms with Crippen molar-refractivity contribution in [3.05, 3.63) is 0 Å². The Hall–Kier alpha value is -1.96. The first-order valence-corrected chi connectivity index (χ1v) is 10.9. The highest BCUT2D eigenvalue weighted by Gasteiger charge is 2.33. The number of nitrogens with zero attached hydrogens (tertiary/aromatic N) is 1. The number of rotatable bonds is 14. The lowest BCUT2D eigenvalue weighted by molar-refractivity contribution is -0.139. The number of ketones is 1. The standard InChI is InChI=1S/C20H35N3O4.CH5N/c1-2-3-4-5-6-7-8-9-10-13-18(25)23-14-11-12-16(23)20(27)22-15-17(24)19(21)26;1-2/h16H,2-15H2,1H3,(H2,21,26)(H,22,27);2H2,1H3. The smallest absolute Gasteiger partial charge is 0.286 e. The van der Waals surface area contributed by atoms with Gasteiger partial charge in [-0.05, 0) is 26.3 Å². The second kappa shape index (κ2) is 16.9. The van der Waals surface area contributed by atoms with Gasteiger partial charge in [-0.3, -0.25) is 19.2 Å². The fourth-order valence-electron chi connectivity index (χ4n) is 3.44. The van der Waals surface area contributed by atoms with Gasteiger partial charge in [0.25, 0.3) is 5.91 Å². The third kappa shape index (κ3) is 11.6. The Balaban J connectivity index is 0.00000379. The summed E-state index contributed by atoms with van der Waals surface area (Å²) in [4.78, 5) is 48.2. The molecule has 0 saturated carbocycles. The maximum Gasteiger partial charge on any atom is 0.286 e. The Morgan fingerprint density at radius 3 is 2.03 bits per heavy atom. The van der Waals surface area contributed by atoms with E-state index in [4.69, 9.17) is 5.73 Å². The van der Waals surface area contributed by atoms with Gasteiger partial charge in [0, 0.05) is 13.0 Å². The molecule has 8 heteroatoms. The van der Waals surface area contributed by atoms with Gasteiger partial charge in [-0.25, -0.2) is 0 Å². The van der Waals surface area contributed by atoms with Crippen molar-refractivity contribution in [2.75, 3.05) is 20.1 Å². The molecule has 0 bridgehead atoms. The van der Waals surface area contributed by atoms with Crippen LogP contribution in [0.15, 0.2) is 0 Å². The minimum atomic E-state index is -1.07. The molecular formula is C21H40N4O4. The fraction of sp³-hybridized carbons (Fsp3) is 0.810. The topological polar surface area (TPSA) is 136 Å². The third-order valence-electron chi connectivity index (χ3n) is 5.07. The maximum atomic E-state index is 12.4. The summed E-state index contributed by atoms with van der Waals surface area (Å²) in [6, 6.07) is -0.545. The molecule has 0 radical (unpaired) electrons. The maximum absolute atomic E-state index is 12.4. The predicted octanol–water partition coefficient (Wildman–Crippen LogP) is 1.64. The van der Waals surface area contributed by atoms with Crippen LogP contribution >= 0.6 is 0 Å². The molecule has 1 rings (SSSR count). The van der Waals surface area contributed by atoms with Crippen molar-refractivity contribution >= 4 is 23.5 Å². The Morgan fingerprint density at radius 1 is 0.931 bits per heavy atom. The van der Waals surface area contributed by atoms with Crippen LogP contribution in [-0.4, -0.2) is 54.6 Å². The third-order valence-corrected chi connectivity index (χ3v) is 5.07. The van der Waals surface area contributed by atoms with Gasteiger partial charge in [0.05, 0.1) is 6.54 Å². The van der Waals surface area contributed by atoms with E-state index in [-0.39, 0.29) is 11.8 Å². The van der Waals surface area contributed by atoms with E-state index in [1.54, 1.807) is 4.90 Å². The van der Waals surface area contributed by atoms with Crippen molar-refractivity contribution in [1.82, 2.24) is 10.2 Å². The van der Waals surface area contributed by atoms with E-state index in [0.717, 1.165) is 25.7 Å². The van der Waals surface area contributed by atoms with Crippen LogP contribution in [0.25, 0.3) is 0 Å². The van der Waals surface area contributed by atoms with Crippen LogP contribution in [0.5, 0.6) is 0 Å². The van der Waals surface area contributed by atoms with E-state index < -0.39 is 24.3 Å². The zero-order valence-electron chi connectivity index (χ0n) is 18.2. The monoisotopic (exact) mass is 412 g/mol. The van der Waals surface area contributed by atoms with Crippen molar-refractivity contribution < 1.29 is 19.2 Å². The summed E-state index contributed by atoms with van der Waals surface area (Å²) < 4.78 is 0. The van der Waals surface area contributed by atoms with E-state index in [1.807, 2.05) is 0 Å². The number of Topliss-reactive ketones (excluding diaryl/α,β-unsaturated/α-hetero) is 1. The van der Waals surface area contributed by atoms with E-state index >= 15 is 0 Å². The molecule has 1 atom stereocenters. The van der Waals surface area contributed by atoms with Crippen molar-refractivity contribution in [3.8, 4) is 0 Å². The van der Waals surface area contributed by atoms with Gasteiger partial charge in [0.2, 0.25) is 17.6 Å². The van der Waals surface area contributed by atoms with Gasteiger partial charge in [0.1, 0.15) is 6.04 Å². The number of nitrogens with one attached hydrogen (secondary N) is 1. The van der Waals surface area contributed by atoms with Gasteiger partial charge in [-0.15, -0.1) is 0 Å². The minimum Gasteiger partial charge on any atom is -0.363 e. The highest BCUT2D eigenvalue weighted by atomic mass is 16.2. The summed E-state index contributed by atoms with van der Waals surface area (Å²) in [6.45, 7) is 2.37. The number of carbonyl (C=O) groups excluding carboxylic acids is 4. The number of likely N-dealkylation sites (tertiary alicyclic amines) is 1. The van der Waals surface area contributed by atoms with E-state index in [2.05, 4.69) is 18.0 Å². The van der Waals surface area contributed by atoms with E-state index in [9.17, 15) is 19.2 Å². The summed E-state index contributed by atoms with van der Waals surface area (Å²) in [6.07, 6.45) is 12.5. The first kappa shape index (κ1) is 27.0. The highest BCUT2D eigenvalue weighted by Crippen LogP contribution is 2.20. The molecule has 1 aliphatic heterocycles. The van der Waals surface area contributed by atoms with E-state index in [0.29, 0.717) is 19.4 Å². The zero-order chi connectivity index (χ0) is 22.1. The molecule has 1 fully saturated rings. The number of hydrogen-bond acceptors (Lipinski definition) is 5. The number of nitrogens with two attached hydrogens (primary N) is 2. The number of primary amides is 1. The Labute approximate surface area is 175 Å². The number of unbranched alkanes of at least 4 members (excludes halogenated alkanes) is 8. The Kier molecular flexibility index (Phi) is 15.8. The second-order valence-corrected chi connectivity index (χ2v) is 7.33. The normalized spacial score (nSPS) is 15.4. The van der Waals surface area contributed by atoms with Crippen molar-refractivity contribution in [2.24, 2.45) is 11.5 Å². The molecule has 8 nitrogen and oxygen atoms in total. The van der Waals surface area contributed by atoms with Crippen LogP contribution in [0.3, 0.4) is 0 Å². The van der Waals surface area contributed by atoms with Crippen LogP contribution in [-0.2, 0) is 19.2 Å². The molecule has 0 aromatic heterocycles. The summed E-state index contributed by atoms with van der Waals surface area (Å²) in [7, 11) is 1.50. The highest BCUT2D eigenvalue weighted by molar-refractivity contribution is 6.36. The van der Waals surface area contributed by atoms with Gasteiger partial charge < -0.3 is 21.7 Å². The number of amides is 3. The average Bonchev–Trinajstić information content (AvgIpc) is 3.22. The first-order chi connectivity index (χ1) is 14.0. The summed E-state index contributed by atoms with van der Waals surface area (Å²) in [5.74, 6) is -2.30. The van der Waals surface area contributed by atoms with Gasteiger partial charge in [0.15, 0.2) is 0 Å². The Morgan fingerprint density at radius 2 is 1.48 bits per heavy atom. The molecule has 1 aliphatic rings. The van der Waals surface area contributed by atoms with Crippen LogP contribution in [0.1, 0.15) is 84.0 Å². The largest absolute Gasteiger partial charge is 0.363 e. The molecule has 0 aromatic rings. The zero-order valence-corrected chi connectivity index (χ0v) is 18.2. The molecule has 5 N–H and O–H groups in total. The Bertz CT molecular complexity index is 511. The van der Waals surface area contributed by atoms with Crippen LogP contribution < -0.4 is 16.8 Å². The molecule has 168 valence electrons. The molecule has 0 aliphatic carbocycles. The SMILES string of the molecule is CCCCCCCCCCCC(=O)N1CCCC1C(=O)NCC(=O)C(N)=O.CN. The van der Waals surface area contributed by atoms with Gasteiger partial charge >= 0.3 is 0 Å². The lowest BCUT2D eigenvalue weighted by Gasteiger charge is -2.23. The van der Waals surface area contributed by atoms with Crippen molar-refractivity contribution in [3.63, 3.8) is 0 Å². The summed E-state index contributed by atoms with van der Waals surface area (Å²) in [5.41, 5.74) is 9.37. The van der Waals surface area contributed by atoms with Gasteiger partial charge in [-0.1, -0.05) is 58.3 Å². The summed E-state index contributed by atoms with van der Waals surface area (Å²) >= 11 is 0. The molecule has 1 saturated heterocycles. The van der Waals surface area contributed by atoms with Crippen molar-refractivity contribution in [1.29, 1.82) is 0 Å². The molecule has 29 heavy (non-hydrogen) atoms. The van der Waals surface area contributed by atoms with E-state index in [1.165, 1.54) is 45.6 Å². The molecule has 0 spiro atoms. The molecule has 0 aromatic carbocycles. The summed E-state index contributed by atoms with van der Waals surface area (Å²) in [5, 5.41) is 2.41. The lowest BCUT2D eigenvalue weighted by Crippen LogP contribution is -2.48. The minimum absolute atomic E-state index is 0.00294. The number of hydrogen-bond donors (Lipinski definition) is 3. The van der Waals surface area contributed by atoms with Crippen molar-refractivity contribution in [2.45, 2.75) is 90.0 Å². The molecule has 3 amide bonds. The van der Waals surface area contributed by atoms with Gasteiger partial charge in [-0.2, -0.15) is 0 Å².